The van der Waals surface area contributed by atoms with E-state index in [-0.39, 0.29) is 30.8 Å². The fourth-order valence-electron chi connectivity index (χ4n) is 3.19. The maximum absolute atomic E-state index is 12.5. The van der Waals surface area contributed by atoms with Gasteiger partial charge in [-0.1, -0.05) is 12.1 Å². The molecule has 2 aliphatic rings. The molecule has 1 aliphatic heterocycles. The van der Waals surface area contributed by atoms with Gasteiger partial charge in [-0.05, 0) is 37.6 Å². The van der Waals surface area contributed by atoms with E-state index < -0.39 is 17.8 Å². The van der Waals surface area contributed by atoms with E-state index in [4.69, 9.17) is 14.2 Å². The van der Waals surface area contributed by atoms with Crippen molar-refractivity contribution in [2.24, 2.45) is 11.8 Å². The Kier molecular flexibility index (Phi) is 5.07. The van der Waals surface area contributed by atoms with Crippen molar-refractivity contribution in [1.29, 1.82) is 0 Å². The van der Waals surface area contributed by atoms with Gasteiger partial charge in [0.25, 0.3) is 0 Å². The topological polar surface area (TPSA) is 103 Å². The van der Waals surface area contributed by atoms with Crippen LogP contribution in [0.1, 0.15) is 23.7 Å². The normalized spacial score (nSPS) is 18.7. The quantitative estimate of drug-likeness (QED) is 0.728. The number of nitrogens with one attached hydrogen (secondary N) is 2. The number of amides is 2. The molecule has 1 saturated carbocycles. The third-order valence-corrected chi connectivity index (χ3v) is 4.78. The minimum absolute atomic E-state index is 0.158. The number of para-hydroxylation sites is 1. The molecule has 2 amide bonds. The van der Waals surface area contributed by atoms with Gasteiger partial charge >= 0.3 is 5.97 Å². The SMILES string of the molecule is CCOC(=O)c1ccccc1NC(=O)C1CC1C(=O)Nc1ccc2c(c1)OCO2. The molecule has 4 rings (SSSR count). The maximum Gasteiger partial charge on any atom is 0.340 e. The summed E-state index contributed by atoms with van der Waals surface area (Å²) in [5.41, 5.74) is 1.24. The first kappa shape index (κ1) is 18.8. The lowest BCUT2D eigenvalue weighted by molar-refractivity contribution is -0.122. The lowest BCUT2D eigenvalue weighted by Crippen LogP contribution is -2.21. The molecule has 2 N–H and O–H groups in total. The molecular formula is C21H20N2O6. The highest BCUT2D eigenvalue weighted by molar-refractivity contribution is 6.06. The maximum atomic E-state index is 12.5. The minimum Gasteiger partial charge on any atom is -0.462 e. The number of hydrogen-bond donors (Lipinski definition) is 2. The summed E-state index contributed by atoms with van der Waals surface area (Å²) in [5.74, 6) is -0.698. The number of hydrogen-bond acceptors (Lipinski definition) is 6. The zero-order chi connectivity index (χ0) is 20.4. The van der Waals surface area contributed by atoms with Crippen LogP contribution in [0.5, 0.6) is 11.5 Å². The van der Waals surface area contributed by atoms with E-state index in [9.17, 15) is 14.4 Å². The Balaban J connectivity index is 1.36. The van der Waals surface area contributed by atoms with Crippen LogP contribution in [0.25, 0.3) is 0 Å². The first-order valence-corrected chi connectivity index (χ1v) is 9.34. The van der Waals surface area contributed by atoms with Crippen LogP contribution in [0.15, 0.2) is 42.5 Å². The smallest absolute Gasteiger partial charge is 0.340 e. The van der Waals surface area contributed by atoms with Gasteiger partial charge in [0.05, 0.1) is 29.7 Å². The second-order valence-electron chi connectivity index (χ2n) is 6.76. The molecule has 0 radical (unpaired) electrons. The van der Waals surface area contributed by atoms with Gasteiger partial charge in [0, 0.05) is 11.8 Å². The first-order valence-electron chi connectivity index (χ1n) is 9.34. The number of carbonyl (C=O) groups is 3. The molecule has 2 unspecified atom stereocenters. The summed E-state index contributed by atoms with van der Waals surface area (Å²) in [5, 5.41) is 5.54. The van der Waals surface area contributed by atoms with E-state index in [1.807, 2.05) is 0 Å². The van der Waals surface area contributed by atoms with Gasteiger partial charge in [0.2, 0.25) is 18.6 Å². The highest BCUT2D eigenvalue weighted by Gasteiger charge is 2.48. The minimum atomic E-state index is -0.503. The highest BCUT2D eigenvalue weighted by Crippen LogP contribution is 2.41. The Bertz CT molecular complexity index is 973. The number of anilines is 2. The van der Waals surface area contributed by atoms with Gasteiger partial charge in [-0.3, -0.25) is 9.59 Å². The highest BCUT2D eigenvalue weighted by atomic mass is 16.7. The van der Waals surface area contributed by atoms with Crippen molar-refractivity contribution in [1.82, 2.24) is 0 Å². The summed E-state index contributed by atoms with van der Waals surface area (Å²) in [6, 6.07) is 11.8. The van der Waals surface area contributed by atoms with Crippen molar-refractivity contribution < 1.29 is 28.6 Å². The molecule has 8 nitrogen and oxygen atoms in total. The molecule has 2 atom stereocenters. The fourth-order valence-corrected chi connectivity index (χ4v) is 3.19. The number of carbonyl (C=O) groups excluding carboxylic acids is 3. The fraction of sp³-hybridized carbons (Fsp3) is 0.286. The van der Waals surface area contributed by atoms with Crippen molar-refractivity contribution in [2.75, 3.05) is 24.0 Å². The number of esters is 1. The van der Waals surface area contributed by atoms with Gasteiger partial charge in [-0.15, -0.1) is 0 Å². The molecule has 1 heterocycles. The van der Waals surface area contributed by atoms with E-state index in [0.717, 1.165) is 0 Å². The van der Waals surface area contributed by atoms with Crippen LogP contribution in [0.2, 0.25) is 0 Å². The van der Waals surface area contributed by atoms with Crippen molar-refractivity contribution in [3.63, 3.8) is 0 Å². The number of benzene rings is 2. The predicted octanol–water partition coefficient (Wildman–Crippen LogP) is 2.81. The van der Waals surface area contributed by atoms with Crippen molar-refractivity contribution in [3.8, 4) is 11.5 Å². The molecule has 1 fully saturated rings. The first-order chi connectivity index (χ1) is 14.1. The third-order valence-electron chi connectivity index (χ3n) is 4.78. The van der Waals surface area contributed by atoms with E-state index in [1.54, 1.807) is 49.4 Å². The Hall–Kier alpha value is -3.55. The second-order valence-corrected chi connectivity index (χ2v) is 6.76. The standard InChI is InChI=1S/C21H20N2O6/c1-2-27-21(26)13-5-3-4-6-16(13)23-20(25)15-10-14(15)19(24)22-12-7-8-17-18(9-12)29-11-28-17/h3-9,14-15H,2,10-11H2,1H3,(H,22,24)(H,23,25). The molecule has 0 bridgehead atoms. The molecular weight excluding hydrogens is 376 g/mol. The van der Waals surface area contributed by atoms with Gasteiger partial charge in [0.15, 0.2) is 11.5 Å². The number of fused-ring (bicyclic) bond motifs is 1. The number of rotatable bonds is 6. The molecule has 0 aromatic heterocycles. The summed E-state index contributed by atoms with van der Waals surface area (Å²) in [6.07, 6.45) is 0.448. The largest absolute Gasteiger partial charge is 0.462 e. The Labute approximate surface area is 167 Å². The molecule has 0 saturated heterocycles. The summed E-state index contributed by atoms with van der Waals surface area (Å²) in [4.78, 5) is 37.0. The molecule has 1 aliphatic carbocycles. The monoisotopic (exact) mass is 396 g/mol. The van der Waals surface area contributed by atoms with E-state index in [1.165, 1.54) is 0 Å². The van der Waals surface area contributed by atoms with Crippen molar-refractivity contribution in [3.05, 3.63) is 48.0 Å². The van der Waals surface area contributed by atoms with Crippen LogP contribution in [0.4, 0.5) is 11.4 Å². The van der Waals surface area contributed by atoms with Crippen LogP contribution >= 0.6 is 0 Å². The van der Waals surface area contributed by atoms with E-state index >= 15 is 0 Å². The average Bonchev–Trinajstić information content (AvgIpc) is 3.39. The molecule has 0 spiro atoms. The lowest BCUT2D eigenvalue weighted by Gasteiger charge is -2.10. The van der Waals surface area contributed by atoms with Crippen LogP contribution in [-0.4, -0.2) is 31.2 Å². The Morgan fingerprint density at radius 1 is 1.00 bits per heavy atom. The third kappa shape index (κ3) is 4.01. The molecule has 2 aromatic rings. The lowest BCUT2D eigenvalue weighted by atomic mass is 10.1. The van der Waals surface area contributed by atoms with Crippen molar-refractivity contribution in [2.45, 2.75) is 13.3 Å². The summed E-state index contributed by atoms with van der Waals surface area (Å²) in [6.45, 7) is 2.11. The van der Waals surface area contributed by atoms with Crippen LogP contribution in [-0.2, 0) is 14.3 Å². The summed E-state index contributed by atoms with van der Waals surface area (Å²) < 4.78 is 15.5. The zero-order valence-corrected chi connectivity index (χ0v) is 15.8. The summed E-state index contributed by atoms with van der Waals surface area (Å²) in [7, 11) is 0. The van der Waals surface area contributed by atoms with Gasteiger partial charge in [-0.2, -0.15) is 0 Å². The summed E-state index contributed by atoms with van der Waals surface area (Å²) >= 11 is 0. The average molecular weight is 396 g/mol. The molecule has 8 heteroatoms. The van der Waals surface area contributed by atoms with Gasteiger partial charge in [0.1, 0.15) is 0 Å². The van der Waals surface area contributed by atoms with Gasteiger partial charge in [-0.25, -0.2) is 4.79 Å². The zero-order valence-electron chi connectivity index (χ0n) is 15.8. The Morgan fingerprint density at radius 2 is 1.72 bits per heavy atom. The molecule has 2 aromatic carbocycles. The van der Waals surface area contributed by atoms with Crippen LogP contribution in [0, 0.1) is 11.8 Å². The number of ether oxygens (including phenoxy) is 3. The van der Waals surface area contributed by atoms with Crippen LogP contribution in [0.3, 0.4) is 0 Å². The predicted molar refractivity (Wildman–Crippen MR) is 104 cm³/mol. The second kappa shape index (κ2) is 7.83. The van der Waals surface area contributed by atoms with Crippen molar-refractivity contribution >= 4 is 29.2 Å². The van der Waals surface area contributed by atoms with Gasteiger partial charge < -0.3 is 24.8 Å². The molecule has 150 valence electrons. The van der Waals surface area contributed by atoms with Crippen LogP contribution < -0.4 is 20.1 Å². The van der Waals surface area contributed by atoms with E-state index in [2.05, 4.69) is 10.6 Å². The Morgan fingerprint density at radius 3 is 2.52 bits per heavy atom. The van der Waals surface area contributed by atoms with E-state index in [0.29, 0.717) is 29.3 Å². The molecule has 29 heavy (non-hydrogen) atoms.